The average Bonchev–Trinajstić information content (AvgIpc) is 2.28. The van der Waals surface area contributed by atoms with E-state index >= 15 is 0 Å². The molecule has 0 aromatic heterocycles. The van der Waals surface area contributed by atoms with Crippen molar-refractivity contribution in [2.45, 2.75) is 0 Å². The molecule has 2 nitrogen and oxygen atoms in total. The van der Waals surface area contributed by atoms with E-state index in [2.05, 4.69) is 5.32 Å². The largest absolute Gasteiger partial charge is 0.463 e. The van der Waals surface area contributed by atoms with Crippen LogP contribution in [0.15, 0.2) is 36.6 Å². The van der Waals surface area contributed by atoms with Crippen LogP contribution in [-0.4, -0.2) is 6.54 Å². The van der Waals surface area contributed by atoms with Gasteiger partial charge in [-0.15, -0.1) is 0 Å². The smallest absolute Gasteiger partial charge is 0.149 e. The average molecular weight is 147 g/mol. The Morgan fingerprint density at radius 3 is 3.18 bits per heavy atom. The molecule has 0 fully saturated rings. The molecule has 0 saturated carbocycles. The molecule has 2 heteroatoms. The van der Waals surface area contributed by atoms with Crippen molar-refractivity contribution in [2.75, 3.05) is 11.9 Å². The molecule has 0 amide bonds. The zero-order valence-electron chi connectivity index (χ0n) is 6.08. The maximum atomic E-state index is 5.31. The fourth-order valence-corrected chi connectivity index (χ4v) is 1.05. The first-order chi connectivity index (χ1) is 5.47. The zero-order valence-corrected chi connectivity index (χ0v) is 6.08. The number of nitrogens with one attached hydrogen (secondary N) is 1. The summed E-state index contributed by atoms with van der Waals surface area (Å²) < 4.78 is 5.31. The van der Waals surface area contributed by atoms with Crippen LogP contribution in [0.4, 0.5) is 5.69 Å². The second kappa shape index (κ2) is 2.66. The Hall–Kier alpha value is -1.44. The van der Waals surface area contributed by atoms with Crippen LogP contribution in [0.1, 0.15) is 0 Å². The van der Waals surface area contributed by atoms with Gasteiger partial charge in [-0.05, 0) is 18.2 Å². The van der Waals surface area contributed by atoms with Gasteiger partial charge in [-0.1, -0.05) is 12.1 Å². The number of benzene rings is 1. The van der Waals surface area contributed by atoms with Crippen molar-refractivity contribution in [2.24, 2.45) is 0 Å². The first-order valence-corrected chi connectivity index (χ1v) is 3.61. The van der Waals surface area contributed by atoms with Crippen LogP contribution in [0.2, 0.25) is 0 Å². The first-order valence-electron chi connectivity index (χ1n) is 3.61. The maximum absolute atomic E-state index is 5.31. The Bertz CT molecular complexity index is 281. The highest BCUT2D eigenvalue weighted by molar-refractivity contribution is 5.57. The van der Waals surface area contributed by atoms with E-state index in [1.54, 1.807) is 6.26 Å². The van der Waals surface area contributed by atoms with Crippen molar-refractivity contribution >= 4 is 5.69 Å². The summed E-state index contributed by atoms with van der Waals surface area (Å²) in [5, 5.41) is 3.21. The fraction of sp³-hybridized carbons (Fsp3) is 0.111. The molecule has 0 unspecified atom stereocenters. The molecular formula is C9H9NO. The Balaban J connectivity index is 2.40. The third kappa shape index (κ3) is 1.19. The van der Waals surface area contributed by atoms with Gasteiger partial charge in [0, 0.05) is 6.54 Å². The Labute approximate surface area is 65.5 Å². The second-order valence-electron chi connectivity index (χ2n) is 2.37. The summed E-state index contributed by atoms with van der Waals surface area (Å²) in [6, 6.07) is 7.89. The third-order valence-electron chi connectivity index (χ3n) is 1.59. The molecule has 1 aromatic rings. The lowest BCUT2D eigenvalue weighted by atomic mass is 10.3. The molecule has 1 aliphatic heterocycles. The number of hydrogen-bond acceptors (Lipinski definition) is 2. The van der Waals surface area contributed by atoms with Gasteiger partial charge in [-0.2, -0.15) is 0 Å². The van der Waals surface area contributed by atoms with E-state index < -0.39 is 0 Å². The second-order valence-corrected chi connectivity index (χ2v) is 2.37. The van der Waals surface area contributed by atoms with E-state index in [1.807, 2.05) is 30.3 Å². The molecular weight excluding hydrogens is 138 g/mol. The van der Waals surface area contributed by atoms with Crippen molar-refractivity contribution in [3.63, 3.8) is 0 Å². The molecule has 2 rings (SSSR count). The molecule has 0 radical (unpaired) electrons. The van der Waals surface area contributed by atoms with Crippen LogP contribution < -0.4 is 10.1 Å². The SMILES string of the molecule is C1=COc2ccccc2NC1. The van der Waals surface area contributed by atoms with Crippen molar-refractivity contribution in [1.82, 2.24) is 0 Å². The number of hydrogen-bond donors (Lipinski definition) is 1. The van der Waals surface area contributed by atoms with Crippen LogP contribution in [-0.2, 0) is 0 Å². The van der Waals surface area contributed by atoms with E-state index in [0.717, 1.165) is 18.0 Å². The number of fused-ring (bicyclic) bond motifs is 1. The van der Waals surface area contributed by atoms with Crippen molar-refractivity contribution in [3.05, 3.63) is 36.6 Å². The zero-order chi connectivity index (χ0) is 7.52. The number of rotatable bonds is 0. The quantitative estimate of drug-likeness (QED) is 0.606. The third-order valence-corrected chi connectivity index (χ3v) is 1.59. The van der Waals surface area contributed by atoms with Gasteiger partial charge in [0.05, 0.1) is 11.9 Å². The minimum absolute atomic E-state index is 0.830. The topological polar surface area (TPSA) is 21.3 Å². The molecule has 1 aromatic carbocycles. The van der Waals surface area contributed by atoms with Crippen LogP contribution in [0, 0.1) is 0 Å². The predicted molar refractivity (Wildman–Crippen MR) is 44.7 cm³/mol. The van der Waals surface area contributed by atoms with Crippen molar-refractivity contribution < 1.29 is 4.74 Å². The Morgan fingerprint density at radius 2 is 2.18 bits per heavy atom. The lowest BCUT2D eigenvalue weighted by Gasteiger charge is -2.04. The van der Waals surface area contributed by atoms with E-state index in [9.17, 15) is 0 Å². The summed E-state index contributed by atoms with van der Waals surface area (Å²) in [7, 11) is 0. The first kappa shape index (κ1) is 6.28. The van der Waals surface area contributed by atoms with Crippen molar-refractivity contribution in [1.29, 1.82) is 0 Å². The normalized spacial score (nSPS) is 14.2. The van der Waals surface area contributed by atoms with Crippen LogP contribution in [0.5, 0.6) is 5.75 Å². The number of ether oxygens (including phenoxy) is 1. The molecule has 0 aliphatic carbocycles. The Kier molecular flexibility index (Phi) is 1.52. The van der Waals surface area contributed by atoms with E-state index in [4.69, 9.17) is 4.74 Å². The monoisotopic (exact) mass is 147 g/mol. The minimum atomic E-state index is 0.830. The molecule has 56 valence electrons. The molecule has 11 heavy (non-hydrogen) atoms. The van der Waals surface area contributed by atoms with Crippen LogP contribution in [0.25, 0.3) is 0 Å². The highest BCUT2D eigenvalue weighted by Crippen LogP contribution is 2.24. The minimum Gasteiger partial charge on any atom is -0.463 e. The lowest BCUT2D eigenvalue weighted by molar-refractivity contribution is 0.485. The van der Waals surface area contributed by atoms with Gasteiger partial charge in [0.1, 0.15) is 5.75 Å². The van der Waals surface area contributed by atoms with Crippen LogP contribution in [0.3, 0.4) is 0 Å². The summed E-state index contributed by atoms with van der Waals surface area (Å²) >= 11 is 0. The number of para-hydroxylation sites is 2. The van der Waals surface area contributed by atoms with Gasteiger partial charge in [0.2, 0.25) is 0 Å². The summed E-state index contributed by atoms with van der Waals surface area (Å²) in [4.78, 5) is 0. The van der Waals surface area contributed by atoms with Gasteiger partial charge < -0.3 is 10.1 Å². The van der Waals surface area contributed by atoms with Gasteiger partial charge in [-0.3, -0.25) is 0 Å². The molecule has 1 aliphatic rings. The summed E-state index contributed by atoms with van der Waals surface area (Å²) in [5.41, 5.74) is 1.05. The molecule has 0 spiro atoms. The molecule has 0 saturated heterocycles. The summed E-state index contributed by atoms with van der Waals surface area (Å²) in [6.07, 6.45) is 3.65. The predicted octanol–water partition coefficient (Wildman–Crippen LogP) is 2.00. The number of anilines is 1. The van der Waals surface area contributed by atoms with Gasteiger partial charge in [-0.25, -0.2) is 0 Å². The highest BCUT2D eigenvalue weighted by atomic mass is 16.5. The molecule has 0 bridgehead atoms. The maximum Gasteiger partial charge on any atom is 0.149 e. The molecule has 1 N–H and O–H groups in total. The van der Waals surface area contributed by atoms with Gasteiger partial charge in [0.25, 0.3) is 0 Å². The van der Waals surface area contributed by atoms with Crippen LogP contribution >= 0.6 is 0 Å². The molecule has 1 heterocycles. The lowest BCUT2D eigenvalue weighted by Crippen LogP contribution is -1.95. The van der Waals surface area contributed by atoms with E-state index in [-0.39, 0.29) is 0 Å². The Morgan fingerprint density at radius 1 is 1.27 bits per heavy atom. The highest BCUT2D eigenvalue weighted by Gasteiger charge is 2.01. The van der Waals surface area contributed by atoms with Gasteiger partial charge >= 0.3 is 0 Å². The summed E-state index contributed by atoms with van der Waals surface area (Å²) in [5.74, 6) is 0.890. The van der Waals surface area contributed by atoms with E-state index in [1.165, 1.54) is 0 Å². The van der Waals surface area contributed by atoms with Gasteiger partial charge in [0.15, 0.2) is 0 Å². The summed E-state index contributed by atoms with van der Waals surface area (Å²) in [6.45, 7) is 0.830. The van der Waals surface area contributed by atoms with E-state index in [0.29, 0.717) is 0 Å². The fourth-order valence-electron chi connectivity index (χ4n) is 1.05. The standard InChI is InChI=1S/C9H9NO/c1-2-5-9-8(4-1)10-6-3-7-11-9/h1-5,7,10H,6H2. The van der Waals surface area contributed by atoms with Crippen molar-refractivity contribution in [3.8, 4) is 5.75 Å². The molecule has 0 atom stereocenters.